The van der Waals surface area contributed by atoms with Gasteiger partial charge in [-0.3, -0.25) is 4.79 Å². The van der Waals surface area contributed by atoms with Gasteiger partial charge in [0.15, 0.2) is 5.60 Å². The van der Waals surface area contributed by atoms with Crippen molar-refractivity contribution in [1.29, 1.82) is 0 Å². The third-order valence-electron chi connectivity index (χ3n) is 2.79. The van der Waals surface area contributed by atoms with Crippen LogP contribution >= 0.6 is 0 Å². The van der Waals surface area contributed by atoms with E-state index in [0.717, 1.165) is 0 Å². The molecular formula is C12H9K5O13. The molecule has 1 N–H and O–H groups in total. The van der Waals surface area contributed by atoms with Crippen LogP contribution in [0, 0.1) is 0 Å². The maximum absolute atomic E-state index is 11.6. The third-order valence-corrected chi connectivity index (χ3v) is 2.79. The molecule has 0 radical (unpaired) electrons. The summed E-state index contributed by atoms with van der Waals surface area (Å²) in [6.07, 6.45) is -6.80. The summed E-state index contributed by atoms with van der Waals surface area (Å²) < 4.78 is 4.14. The SMILES string of the molecule is O=C([O-])CC(O)(CC(=O)OC(CC(=O)[O-])(CC(=O)[O-])C(=O)[O-])C(=O)[O-].[K+].[K+].[K+].[K+].[K+]. The molecule has 0 aliphatic heterocycles. The second kappa shape index (κ2) is 23.1. The number of aliphatic hydroxyl groups is 1. The fraction of sp³-hybridized carbons (Fsp3) is 0.500. The topological polar surface area (TPSA) is 247 Å². The molecule has 140 valence electrons. The van der Waals surface area contributed by atoms with Crippen LogP contribution < -0.4 is 282 Å². The van der Waals surface area contributed by atoms with E-state index in [9.17, 15) is 59.4 Å². The maximum atomic E-state index is 11.6. The Balaban J connectivity index is -0.000000288. The van der Waals surface area contributed by atoms with Gasteiger partial charge in [-0.25, -0.2) is 0 Å². The van der Waals surface area contributed by atoms with Gasteiger partial charge in [-0.05, 0) is 0 Å². The summed E-state index contributed by atoms with van der Waals surface area (Å²) in [5.41, 5.74) is -6.74. The third kappa shape index (κ3) is 19.1. The van der Waals surface area contributed by atoms with Crippen LogP contribution in [0.2, 0.25) is 0 Å². The van der Waals surface area contributed by atoms with Gasteiger partial charge < -0.3 is 59.3 Å². The molecule has 13 nitrogen and oxygen atoms in total. The Morgan fingerprint density at radius 3 is 1.17 bits per heavy atom. The van der Waals surface area contributed by atoms with Crippen molar-refractivity contribution in [2.75, 3.05) is 0 Å². The second-order valence-corrected chi connectivity index (χ2v) is 4.90. The van der Waals surface area contributed by atoms with Crippen molar-refractivity contribution in [3.63, 3.8) is 0 Å². The van der Waals surface area contributed by atoms with Crippen LogP contribution in [0.1, 0.15) is 25.7 Å². The normalized spacial score (nSPS) is 11.1. The van der Waals surface area contributed by atoms with Crippen LogP contribution in [-0.2, 0) is 33.5 Å². The van der Waals surface area contributed by atoms with Gasteiger partial charge in [-0.1, -0.05) is 0 Å². The average molecular weight is 557 g/mol. The van der Waals surface area contributed by atoms with Crippen LogP contribution in [0.3, 0.4) is 0 Å². The van der Waals surface area contributed by atoms with Gasteiger partial charge >= 0.3 is 263 Å². The first-order valence-corrected chi connectivity index (χ1v) is 6.21. The van der Waals surface area contributed by atoms with Crippen LogP contribution in [0.15, 0.2) is 0 Å². The zero-order valence-corrected chi connectivity index (χ0v) is 32.8. The van der Waals surface area contributed by atoms with Gasteiger partial charge in [-0.2, -0.15) is 0 Å². The van der Waals surface area contributed by atoms with Crippen molar-refractivity contribution >= 4 is 35.8 Å². The number of carbonyl (C=O) groups is 6. The number of rotatable bonds is 11. The van der Waals surface area contributed by atoms with Crippen molar-refractivity contribution in [1.82, 2.24) is 0 Å². The molecule has 0 aromatic heterocycles. The van der Waals surface area contributed by atoms with Gasteiger partial charge in [-0.15, -0.1) is 0 Å². The van der Waals surface area contributed by atoms with E-state index in [2.05, 4.69) is 4.74 Å². The van der Waals surface area contributed by atoms with E-state index in [1.165, 1.54) is 0 Å². The standard InChI is InChI=1S/C12H14O13.5K/c13-5(14)1-11(24,9(20)21)4-8(19)25-12(10(22)23,2-6(15)16)3-7(17)18;;;;;/h24H,1-4H2,(H,13,14)(H,15,16)(H,17,18)(H,20,21)(H,22,23);;;;;/q;5*+1/p-5. The molecule has 0 fully saturated rings. The van der Waals surface area contributed by atoms with Gasteiger partial charge in [0.25, 0.3) is 0 Å². The van der Waals surface area contributed by atoms with Crippen LogP contribution in [0.5, 0.6) is 0 Å². The summed E-state index contributed by atoms with van der Waals surface area (Å²) in [4.78, 5) is 65.0. The summed E-state index contributed by atoms with van der Waals surface area (Å²) in [6.45, 7) is 0. The molecule has 0 bridgehead atoms. The van der Waals surface area contributed by atoms with Gasteiger partial charge in [0.1, 0.15) is 5.60 Å². The number of aliphatic carboxylic acids is 5. The zero-order valence-electron chi connectivity index (χ0n) is 17.2. The smallest absolute Gasteiger partial charge is 0.550 e. The van der Waals surface area contributed by atoms with Crippen molar-refractivity contribution in [3.05, 3.63) is 0 Å². The first kappa shape index (κ1) is 48.1. The van der Waals surface area contributed by atoms with E-state index in [1.54, 1.807) is 0 Å². The Hall–Kier alpha value is 4.96. The van der Waals surface area contributed by atoms with Crippen molar-refractivity contribution in [3.8, 4) is 0 Å². The molecular weight excluding hydrogens is 548 g/mol. The van der Waals surface area contributed by atoms with E-state index in [4.69, 9.17) is 0 Å². The van der Waals surface area contributed by atoms with Crippen LogP contribution in [0.4, 0.5) is 0 Å². The van der Waals surface area contributed by atoms with E-state index in [1.807, 2.05) is 0 Å². The van der Waals surface area contributed by atoms with Crippen molar-refractivity contribution in [2.24, 2.45) is 0 Å². The minimum atomic E-state index is -3.39. The largest absolute Gasteiger partial charge is 1.00 e. The summed E-state index contributed by atoms with van der Waals surface area (Å²) >= 11 is 0. The quantitative estimate of drug-likeness (QED) is 0.183. The monoisotopic (exact) mass is 556 g/mol. The molecule has 0 aliphatic carbocycles. The Labute approximate surface area is 382 Å². The number of carboxylic acids is 5. The van der Waals surface area contributed by atoms with E-state index >= 15 is 0 Å². The van der Waals surface area contributed by atoms with Crippen LogP contribution in [0.25, 0.3) is 0 Å². The molecule has 0 rings (SSSR count). The molecule has 18 heteroatoms. The Kier molecular flexibility index (Phi) is 37.0. The minimum absolute atomic E-state index is 0. The molecule has 0 saturated carbocycles. The fourth-order valence-electron chi connectivity index (χ4n) is 1.73. The molecule has 0 aromatic carbocycles. The van der Waals surface area contributed by atoms with Crippen molar-refractivity contribution in [2.45, 2.75) is 36.9 Å². The number of hydrogen-bond acceptors (Lipinski definition) is 13. The minimum Gasteiger partial charge on any atom is -0.550 e. The van der Waals surface area contributed by atoms with E-state index < -0.39 is 72.7 Å². The Morgan fingerprint density at radius 2 is 0.933 bits per heavy atom. The second-order valence-electron chi connectivity index (χ2n) is 4.90. The summed E-state index contributed by atoms with van der Waals surface area (Å²) in [7, 11) is 0. The summed E-state index contributed by atoms with van der Waals surface area (Å²) in [5, 5.41) is 62.9. The predicted molar refractivity (Wildman–Crippen MR) is 57.3 cm³/mol. The number of esters is 1. The number of carbonyl (C=O) groups excluding carboxylic acids is 6. The Morgan fingerprint density at radius 1 is 0.600 bits per heavy atom. The predicted octanol–water partition coefficient (Wildman–Crippen LogP) is -23.7. The van der Waals surface area contributed by atoms with Gasteiger partial charge in [0.2, 0.25) is 0 Å². The van der Waals surface area contributed by atoms with E-state index in [0.29, 0.717) is 0 Å². The van der Waals surface area contributed by atoms with Gasteiger partial charge in [0.05, 0.1) is 18.4 Å². The summed E-state index contributed by atoms with van der Waals surface area (Å²) in [6, 6.07) is 0. The molecule has 1 unspecified atom stereocenters. The first-order chi connectivity index (χ1) is 11.2. The molecule has 0 spiro atoms. The Bertz CT molecular complexity index is 610. The zero-order chi connectivity index (χ0) is 20.0. The van der Waals surface area contributed by atoms with Gasteiger partial charge in [0, 0.05) is 37.2 Å². The molecule has 30 heavy (non-hydrogen) atoms. The van der Waals surface area contributed by atoms with Crippen molar-refractivity contribution < 1.29 is 321 Å². The number of ether oxygens (including phenoxy) is 1. The molecule has 1 atom stereocenters. The van der Waals surface area contributed by atoms with E-state index in [-0.39, 0.29) is 257 Å². The average Bonchev–Trinajstić information content (AvgIpc) is 2.34. The molecule has 0 aliphatic rings. The molecule has 0 heterocycles. The first-order valence-electron chi connectivity index (χ1n) is 6.21. The maximum Gasteiger partial charge on any atom is 1.00 e. The number of hydrogen-bond donors (Lipinski definition) is 1. The molecule has 0 amide bonds. The van der Waals surface area contributed by atoms with Crippen LogP contribution in [-0.4, -0.2) is 52.1 Å². The summed E-state index contributed by atoms with van der Waals surface area (Å²) in [5.74, 6) is -13.4. The number of carboxylic acid groups (broad SMARTS) is 5. The fourth-order valence-corrected chi connectivity index (χ4v) is 1.73. The molecule has 0 saturated heterocycles. The molecule has 0 aromatic rings.